The Morgan fingerprint density at radius 3 is 2.65 bits per heavy atom. The summed E-state index contributed by atoms with van der Waals surface area (Å²) in [5, 5.41) is 15.7. The zero-order valence-corrected chi connectivity index (χ0v) is 18.3. The number of amides is 1. The number of rotatable bonds is 9. The lowest BCUT2D eigenvalue weighted by molar-refractivity contribution is -0.113. The van der Waals surface area contributed by atoms with Crippen LogP contribution in [-0.4, -0.2) is 47.0 Å². The van der Waals surface area contributed by atoms with E-state index >= 15 is 0 Å². The second-order valence-electron chi connectivity index (χ2n) is 6.00. The molecule has 3 rings (SSSR count). The Kier molecular flexibility index (Phi) is 7.57. The maximum atomic E-state index is 12.3. The van der Waals surface area contributed by atoms with Crippen LogP contribution in [0.5, 0.6) is 11.5 Å². The number of halogens is 1. The number of benzene rings is 2. The number of methoxy groups -OCH3 is 2. The molecule has 31 heavy (non-hydrogen) atoms. The van der Waals surface area contributed by atoms with Crippen molar-refractivity contribution < 1.29 is 14.3 Å². The van der Waals surface area contributed by atoms with Gasteiger partial charge in [0.05, 0.1) is 26.2 Å². The van der Waals surface area contributed by atoms with Gasteiger partial charge in [0.25, 0.3) is 5.95 Å². The number of thioether (sulfide) groups is 1. The number of nitrogens with one attached hydrogen (secondary N) is 2. The Morgan fingerprint density at radius 2 is 1.94 bits per heavy atom. The van der Waals surface area contributed by atoms with Crippen LogP contribution in [-0.2, 0) is 4.79 Å². The molecule has 0 aliphatic carbocycles. The summed E-state index contributed by atoms with van der Waals surface area (Å²) in [7, 11) is 3.07. The highest BCUT2D eigenvalue weighted by atomic mass is 35.5. The Labute approximate surface area is 187 Å². The molecule has 0 unspecified atom stereocenters. The Bertz CT molecular complexity index is 1070. The van der Waals surface area contributed by atoms with E-state index in [9.17, 15) is 4.79 Å². The number of carbonyl (C=O) groups is 1. The summed E-state index contributed by atoms with van der Waals surface area (Å²) in [5.74, 6) is 7.13. The summed E-state index contributed by atoms with van der Waals surface area (Å²) in [6.07, 6.45) is 1.59. The molecule has 0 saturated carbocycles. The van der Waals surface area contributed by atoms with Gasteiger partial charge in [-0.1, -0.05) is 35.5 Å². The number of hydrazone groups is 1. The molecule has 0 bridgehead atoms. The third-order valence-electron chi connectivity index (χ3n) is 3.91. The molecule has 12 heteroatoms. The average Bonchev–Trinajstić information content (AvgIpc) is 3.13. The molecular weight excluding hydrogens is 442 g/mol. The molecule has 0 saturated heterocycles. The van der Waals surface area contributed by atoms with Gasteiger partial charge in [-0.2, -0.15) is 5.10 Å². The molecule has 0 spiro atoms. The number of anilines is 2. The zero-order valence-electron chi connectivity index (χ0n) is 16.7. The van der Waals surface area contributed by atoms with Crippen LogP contribution >= 0.6 is 23.4 Å². The lowest BCUT2D eigenvalue weighted by Crippen LogP contribution is -2.17. The van der Waals surface area contributed by atoms with Gasteiger partial charge < -0.3 is 20.6 Å². The quantitative estimate of drug-likeness (QED) is 0.192. The van der Waals surface area contributed by atoms with Crippen LogP contribution in [0.3, 0.4) is 0 Å². The number of nitrogen functional groups attached to an aromatic ring is 1. The number of aromatic nitrogens is 3. The number of hydrogen-bond donors (Lipinski definition) is 3. The van der Waals surface area contributed by atoms with Crippen LogP contribution in [0.1, 0.15) is 5.56 Å². The lowest BCUT2D eigenvalue weighted by atomic mass is 10.2. The van der Waals surface area contributed by atoms with Crippen molar-refractivity contribution >= 4 is 47.1 Å². The van der Waals surface area contributed by atoms with E-state index < -0.39 is 0 Å². The highest BCUT2D eigenvalue weighted by Crippen LogP contribution is 2.29. The van der Waals surface area contributed by atoms with Crippen molar-refractivity contribution in [2.24, 2.45) is 5.10 Å². The van der Waals surface area contributed by atoms with Gasteiger partial charge in [0.2, 0.25) is 11.1 Å². The summed E-state index contributed by atoms with van der Waals surface area (Å²) in [6.45, 7) is 0. The molecule has 3 aromatic rings. The van der Waals surface area contributed by atoms with Crippen molar-refractivity contribution in [3.05, 3.63) is 53.1 Å². The van der Waals surface area contributed by atoms with Crippen molar-refractivity contribution in [2.75, 3.05) is 36.6 Å². The molecule has 4 N–H and O–H groups in total. The summed E-state index contributed by atoms with van der Waals surface area (Å²) < 4.78 is 11.6. The third-order valence-corrected chi connectivity index (χ3v) is 5.11. The molecule has 1 amide bonds. The van der Waals surface area contributed by atoms with E-state index in [0.29, 0.717) is 27.4 Å². The fraction of sp³-hybridized carbons (Fsp3) is 0.158. The van der Waals surface area contributed by atoms with Crippen LogP contribution in [0.2, 0.25) is 5.02 Å². The Balaban J connectivity index is 1.53. The van der Waals surface area contributed by atoms with Gasteiger partial charge in [0.15, 0.2) is 11.5 Å². The number of hydrogen-bond acceptors (Lipinski definition) is 9. The van der Waals surface area contributed by atoms with E-state index in [1.165, 1.54) is 11.8 Å². The van der Waals surface area contributed by atoms with E-state index in [0.717, 1.165) is 17.3 Å². The second-order valence-corrected chi connectivity index (χ2v) is 7.38. The van der Waals surface area contributed by atoms with Crippen LogP contribution in [0.15, 0.2) is 52.7 Å². The van der Waals surface area contributed by atoms with Crippen molar-refractivity contribution in [3.63, 3.8) is 0 Å². The number of ether oxygens (including phenoxy) is 2. The van der Waals surface area contributed by atoms with Gasteiger partial charge in [-0.25, -0.2) is 10.1 Å². The first-order chi connectivity index (χ1) is 15.0. The topological polar surface area (TPSA) is 129 Å². The van der Waals surface area contributed by atoms with Gasteiger partial charge in [-0.05, 0) is 29.8 Å². The first kappa shape index (κ1) is 22.2. The average molecular weight is 462 g/mol. The van der Waals surface area contributed by atoms with Crippen LogP contribution in [0.4, 0.5) is 11.6 Å². The molecule has 162 valence electrons. The van der Waals surface area contributed by atoms with Crippen molar-refractivity contribution in [1.82, 2.24) is 14.9 Å². The van der Waals surface area contributed by atoms with Crippen LogP contribution < -0.4 is 26.1 Å². The lowest BCUT2D eigenvalue weighted by Gasteiger charge is -2.10. The predicted molar refractivity (Wildman–Crippen MR) is 122 cm³/mol. The SMILES string of the molecule is COc1ccc(NC(=O)CSc2nnc(N/N=C/c3ccc(Cl)cc3)n2N)cc1OC. The van der Waals surface area contributed by atoms with E-state index in [1.807, 2.05) is 12.1 Å². The smallest absolute Gasteiger partial charge is 0.264 e. The Hall–Kier alpha value is -3.44. The molecule has 0 aliphatic heterocycles. The fourth-order valence-corrected chi connectivity index (χ4v) is 3.19. The predicted octanol–water partition coefficient (Wildman–Crippen LogP) is 2.84. The first-order valence-electron chi connectivity index (χ1n) is 8.90. The number of nitrogens with two attached hydrogens (primary N) is 1. The maximum Gasteiger partial charge on any atom is 0.264 e. The molecule has 1 heterocycles. The maximum absolute atomic E-state index is 12.3. The van der Waals surface area contributed by atoms with Crippen molar-refractivity contribution in [2.45, 2.75) is 5.16 Å². The van der Waals surface area contributed by atoms with Gasteiger partial charge in [-0.3, -0.25) is 4.79 Å². The van der Waals surface area contributed by atoms with Crippen molar-refractivity contribution in [1.29, 1.82) is 0 Å². The minimum atomic E-state index is -0.240. The summed E-state index contributed by atoms with van der Waals surface area (Å²) in [5.41, 5.74) is 4.14. The fourth-order valence-electron chi connectivity index (χ4n) is 2.41. The number of nitrogens with zero attached hydrogens (tertiary/aromatic N) is 4. The molecule has 0 aliphatic rings. The minimum Gasteiger partial charge on any atom is -0.493 e. The van der Waals surface area contributed by atoms with Crippen molar-refractivity contribution in [3.8, 4) is 11.5 Å². The normalized spacial score (nSPS) is 10.8. The Morgan fingerprint density at radius 1 is 1.19 bits per heavy atom. The summed E-state index contributed by atoms with van der Waals surface area (Å²) in [6, 6.07) is 12.3. The van der Waals surface area contributed by atoms with Gasteiger partial charge in [0, 0.05) is 16.8 Å². The van der Waals surface area contributed by atoms with Gasteiger partial charge in [-0.15, -0.1) is 10.2 Å². The van der Waals surface area contributed by atoms with E-state index in [-0.39, 0.29) is 17.6 Å². The molecule has 10 nitrogen and oxygen atoms in total. The van der Waals surface area contributed by atoms with E-state index in [1.54, 1.807) is 43.7 Å². The molecule has 2 aromatic carbocycles. The van der Waals surface area contributed by atoms with Gasteiger partial charge >= 0.3 is 0 Å². The van der Waals surface area contributed by atoms with Gasteiger partial charge in [0.1, 0.15) is 0 Å². The molecule has 1 aromatic heterocycles. The molecule has 0 fully saturated rings. The van der Waals surface area contributed by atoms with Crippen LogP contribution in [0.25, 0.3) is 0 Å². The third kappa shape index (κ3) is 6.03. The van der Waals surface area contributed by atoms with E-state index in [2.05, 4.69) is 26.0 Å². The summed E-state index contributed by atoms with van der Waals surface area (Å²) in [4.78, 5) is 12.3. The largest absolute Gasteiger partial charge is 0.493 e. The second kappa shape index (κ2) is 10.5. The highest BCUT2D eigenvalue weighted by Gasteiger charge is 2.13. The first-order valence-corrected chi connectivity index (χ1v) is 10.3. The number of carbonyl (C=O) groups excluding carboxylic acids is 1. The van der Waals surface area contributed by atoms with E-state index in [4.69, 9.17) is 26.9 Å². The minimum absolute atomic E-state index is 0.0811. The highest BCUT2D eigenvalue weighted by molar-refractivity contribution is 7.99. The molecule has 0 atom stereocenters. The zero-order chi connectivity index (χ0) is 22.2. The van der Waals surface area contributed by atoms with Crippen LogP contribution in [0, 0.1) is 0 Å². The monoisotopic (exact) mass is 461 g/mol. The molecule has 0 radical (unpaired) electrons. The standard InChI is InChI=1S/C19H20ClN7O3S/c1-29-15-8-7-14(9-16(15)30-2)23-17(28)11-31-19-26-25-18(27(19)21)24-22-10-12-3-5-13(20)6-4-12/h3-10H,11,21H2,1-2H3,(H,23,28)(H,24,25)/b22-10+. The summed E-state index contributed by atoms with van der Waals surface area (Å²) >= 11 is 6.98. The molecular formula is C19H20ClN7O3S.